The summed E-state index contributed by atoms with van der Waals surface area (Å²) in [5.41, 5.74) is 2.31. The lowest BCUT2D eigenvalue weighted by atomic mass is 9.98. The molecule has 8 heteroatoms. The van der Waals surface area contributed by atoms with Crippen LogP contribution >= 0.6 is 11.6 Å². The Balaban J connectivity index is 1.35. The van der Waals surface area contributed by atoms with Gasteiger partial charge < -0.3 is 19.7 Å². The summed E-state index contributed by atoms with van der Waals surface area (Å²) >= 11 is 5.89. The van der Waals surface area contributed by atoms with Crippen molar-refractivity contribution in [3.05, 3.63) is 94.5 Å². The summed E-state index contributed by atoms with van der Waals surface area (Å²) in [6.45, 7) is 2.55. The van der Waals surface area contributed by atoms with Gasteiger partial charge in [-0.1, -0.05) is 29.8 Å². The van der Waals surface area contributed by atoms with Crippen LogP contribution in [0.2, 0.25) is 5.02 Å². The fourth-order valence-electron chi connectivity index (χ4n) is 3.60. The van der Waals surface area contributed by atoms with Crippen LogP contribution in [0.25, 0.3) is 0 Å². The van der Waals surface area contributed by atoms with Crippen molar-refractivity contribution >= 4 is 40.6 Å². The van der Waals surface area contributed by atoms with Gasteiger partial charge in [0.25, 0.3) is 5.91 Å². The van der Waals surface area contributed by atoms with E-state index in [0.717, 1.165) is 18.8 Å². The zero-order chi connectivity index (χ0) is 23.9. The zero-order valence-electron chi connectivity index (χ0n) is 18.3. The number of carbonyl (C=O) groups is 3. The Morgan fingerprint density at radius 2 is 1.53 bits per heavy atom. The van der Waals surface area contributed by atoms with E-state index in [1.165, 1.54) is 6.07 Å². The molecule has 1 aliphatic heterocycles. The Morgan fingerprint density at radius 3 is 2.21 bits per heavy atom. The van der Waals surface area contributed by atoms with E-state index in [9.17, 15) is 14.4 Å². The number of morpholine rings is 1. The molecule has 0 saturated carbocycles. The molecule has 1 heterocycles. The molecule has 0 spiro atoms. The minimum atomic E-state index is -0.754. The highest BCUT2D eigenvalue weighted by atomic mass is 35.5. The standard InChI is InChI=1S/C26H23ClN2O5/c27-19-7-5-18(6-8-19)25(31)22-3-1-2-4-23(22)26(32)34-17-24(30)28-20-9-11-21(12-10-20)29-13-15-33-16-14-29/h1-12H,13-17H2,(H,28,30). The van der Waals surface area contributed by atoms with Crippen LogP contribution in [0.1, 0.15) is 26.3 Å². The fourth-order valence-corrected chi connectivity index (χ4v) is 3.72. The molecule has 1 N–H and O–H groups in total. The number of esters is 1. The van der Waals surface area contributed by atoms with E-state index in [1.54, 1.807) is 54.6 Å². The molecule has 0 aromatic heterocycles. The molecule has 3 aromatic carbocycles. The third-order valence-corrected chi connectivity index (χ3v) is 5.61. The Bertz CT molecular complexity index is 1170. The van der Waals surface area contributed by atoms with Crippen LogP contribution in [0, 0.1) is 0 Å². The Kier molecular flexibility index (Phi) is 7.57. The maximum Gasteiger partial charge on any atom is 0.339 e. The quantitative estimate of drug-likeness (QED) is 0.404. The van der Waals surface area contributed by atoms with Crippen LogP contribution in [-0.4, -0.2) is 50.6 Å². The third kappa shape index (κ3) is 5.81. The average molecular weight is 479 g/mol. The number of carbonyl (C=O) groups excluding carboxylic acids is 3. The number of rotatable bonds is 7. The van der Waals surface area contributed by atoms with E-state index in [1.807, 2.05) is 12.1 Å². The van der Waals surface area contributed by atoms with Gasteiger partial charge in [0.15, 0.2) is 12.4 Å². The van der Waals surface area contributed by atoms with Gasteiger partial charge >= 0.3 is 5.97 Å². The molecule has 3 aromatic rings. The molecule has 0 aliphatic carbocycles. The van der Waals surface area contributed by atoms with Crippen molar-refractivity contribution < 1.29 is 23.9 Å². The molecule has 1 fully saturated rings. The highest BCUT2D eigenvalue weighted by Gasteiger charge is 2.20. The number of hydrogen-bond acceptors (Lipinski definition) is 6. The molecule has 0 atom stereocenters. The number of halogens is 1. The molecule has 174 valence electrons. The third-order valence-electron chi connectivity index (χ3n) is 5.36. The van der Waals surface area contributed by atoms with Crippen LogP contribution < -0.4 is 10.2 Å². The first-order valence-corrected chi connectivity index (χ1v) is 11.2. The molecule has 1 saturated heterocycles. The molecular formula is C26H23ClN2O5. The summed E-state index contributed by atoms with van der Waals surface area (Å²) in [7, 11) is 0. The predicted molar refractivity (Wildman–Crippen MR) is 130 cm³/mol. The van der Waals surface area contributed by atoms with Crippen molar-refractivity contribution in [3.8, 4) is 0 Å². The van der Waals surface area contributed by atoms with Crippen LogP contribution in [-0.2, 0) is 14.3 Å². The van der Waals surface area contributed by atoms with E-state index < -0.39 is 18.5 Å². The van der Waals surface area contributed by atoms with E-state index in [4.69, 9.17) is 21.1 Å². The smallest absolute Gasteiger partial charge is 0.339 e. The monoisotopic (exact) mass is 478 g/mol. The lowest BCUT2D eigenvalue weighted by Gasteiger charge is -2.28. The van der Waals surface area contributed by atoms with E-state index in [2.05, 4.69) is 10.2 Å². The van der Waals surface area contributed by atoms with Gasteiger partial charge in [-0.2, -0.15) is 0 Å². The highest BCUT2D eigenvalue weighted by molar-refractivity contribution is 6.30. The fraction of sp³-hybridized carbons (Fsp3) is 0.192. The topological polar surface area (TPSA) is 84.9 Å². The molecule has 7 nitrogen and oxygen atoms in total. The van der Waals surface area contributed by atoms with Crippen LogP contribution in [0.3, 0.4) is 0 Å². The van der Waals surface area contributed by atoms with Gasteiger partial charge in [-0.15, -0.1) is 0 Å². The predicted octanol–water partition coefficient (Wildman–Crippen LogP) is 4.20. The molecule has 34 heavy (non-hydrogen) atoms. The minimum Gasteiger partial charge on any atom is -0.452 e. The van der Waals surface area contributed by atoms with Gasteiger partial charge in [0.05, 0.1) is 18.8 Å². The second-order valence-electron chi connectivity index (χ2n) is 7.65. The second-order valence-corrected chi connectivity index (χ2v) is 8.09. The van der Waals surface area contributed by atoms with E-state index in [-0.39, 0.29) is 16.9 Å². The number of ketones is 1. The van der Waals surface area contributed by atoms with Gasteiger partial charge in [-0.05, 0) is 54.6 Å². The van der Waals surface area contributed by atoms with Crippen LogP contribution in [0.15, 0.2) is 72.8 Å². The summed E-state index contributed by atoms with van der Waals surface area (Å²) in [5, 5.41) is 3.21. The second kappa shape index (κ2) is 11.0. The normalized spacial score (nSPS) is 13.3. The number of hydrogen-bond donors (Lipinski definition) is 1. The summed E-state index contributed by atoms with van der Waals surface area (Å²) in [5.74, 6) is -1.57. The van der Waals surface area contributed by atoms with Crippen molar-refractivity contribution in [2.45, 2.75) is 0 Å². The molecule has 1 aliphatic rings. The first-order valence-electron chi connectivity index (χ1n) is 10.8. The summed E-state index contributed by atoms with van der Waals surface area (Å²) in [4.78, 5) is 40.0. The van der Waals surface area contributed by atoms with Crippen molar-refractivity contribution in [2.24, 2.45) is 0 Å². The van der Waals surface area contributed by atoms with Crippen molar-refractivity contribution in [1.29, 1.82) is 0 Å². The lowest BCUT2D eigenvalue weighted by molar-refractivity contribution is -0.119. The minimum absolute atomic E-state index is 0.0881. The first kappa shape index (κ1) is 23.5. The number of benzene rings is 3. The maximum atomic E-state index is 12.9. The Morgan fingerprint density at radius 1 is 0.882 bits per heavy atom. The summed E-state index contributed by atoms with van der Waals surface area (Å²) in [6, 6.07) is 20.2. The van der Waals surface area contributed by atoms with Crippen molar-refractivity contribution in [1.82, 2.24) is 0 Å². The van der Waals surface area contributed by atoms with Crippen LogP contribution in [0.4, 0.5) is 11.4 Å². The number of amides is 1. The molecule has 0 unspecified atom stereocenters. The van der Waals surface area contributed by atoms with E-state index in [0.29, 0.717) is 29.5 Å². The Labute approximate surface area is 202 Å². The molecule has 0 bridgehead atoms. The number of nitrogens with one attached hydrogen (secondary N) is 1. The largest absolute Gasteiger partial charge is 0.452 e. The summed E-state index contributed by atoms with van der Waals surface area (Å²) in [6.07, 6.45) is 0. The molecule has 0 radical (unpaired) electrons. The van der Waals surface area contributed by atoms with Crippen molar-refractivity contribution in [3.63, 3.8) is 0 Å². The number of anilines is 2. The van der Waals surface area contributed by atoms with Crippen molar-refractivity contribution in [2.75, 3.05) is 43.1 Å². The molecular weight excluding hydrogens is 456 g/mol. The first-order chi connectivity index (χ1) is 16.5. The lowest BCUT2D eigenvalue weighted by Crippen LogP contribution is -2.36. The maximum absolute atomic E-state index is 12.9. The zero-order valence-corrected chi connectivity index (χ0v) is 19.1. The molecule has 4 rings (SSSR count). The average Bonchev–Trinajstić information content (AvgIpc) is 2.88. The van der Waals surface area contributed by atoms with E-state index >= 15 is 0 Å². The number of ether oxygens (including phenoxy) is 2. The highest BCUT2D eigenvalue weighted by Crippen LogP contribution is 2.20. The van der Waals surface area contributed by atoms with Gasteiger partial charge in [0.2, 0.25) is 0 Å². The SMILES string of the molecule is O=C(COC(=O)c1ccccc1C(=O)c1ccc(Cl)cc1)Nc1ccc(N2CCOCC2)cc1. The molecule has 1 amide bonds. The van der Waals surface area contributed by atoms with Gasteiger partial charge in [0, 0.05) is 40.6 Å². The van der Waals surface area contributed by atoms with Gasteiger partial charge in [0.1, 0.15) is 0 Å². The number of nitrogens with zero attached hydrogens (tertiary/aromatic N) is 1. The summed E-state index contributed by atoms with van der Waals surface area (Å²) < 4.78 is 10.5. The Hall–Kier alpha value is -3.68. The van der Waals surface area contributed by atoms with Gasteiger partial charge in [-0.25, -0.2) is 4.79 Å². The van der Waals surface area contributed by atoms with Crippen LogP contribution in [0.5, 0.6) is 0 Å². The van der Waals surface area contributed by atoms with Gasteiger partial charge in [-0.3, -0.25) is 9.59 Å².